The van der Waals surface area contributed by atoms with Crippen molar-refractivity contribution in [1.82, 2.24) is 0 Å². The van der Waals surface area contributed by atoms with Gasteiger partial charge in [0, 0.05) is 5.88 Å². The van der Waals surface area contributed by atoms with Crippen LogP contribution in [0.1, 0.15) is 25.7 Å². The van der Waals surface area contributed by atoms with Gasteiger partial charge in [-0.2, -0.15) is 0 Å². The van der Waals surface area contributed by atoms with Gasteiger partial charge in [0.15, 0.2) is 0 Å². The lowest BCUT2D eigenvalue weighted by atomic mass is 9.98. The van der Waals surface area contributed by atoms with Gasteiger partial charge >= 0.3 is 0 Å². The zero-order valence-corrected chi connectivity index (χ0v) is 7.52. The maximum absolute atomic E-state index is 5.65. The third-order valence-corrected chi connectivity index (χ3v) is 3.24. The number of alkyl halides is 1. The number of fused-ring (bicyclic) bond motifs is 2. The van der Waals surface area contributed by atoms with Gasteiger partial charge in [-0.25, -0.2) is 0 Å². The highest BCUT2D eigenvalue weighted by molar-refractivity contribution is 6.17. The highest BCUT2D eigenvalue weighted by atomic mass is 35.5. The number of halogens is 1. The molecule has 11 heavy (non-hydrogen) atoms. The monoisotopic (exact) mass is 174 g/mol. The first kappa shape index (κ1) is 7.88. The second-order valence-electron chi connectivity index (χ2n) is 3.77. The van der Waals surface area contributed by atoms with Crippen LogP contribution in [0, 0.1) is 11.8 Å². The predicted octanol–water partition coefficient (Wildman–Crippen LogP) is 2.43. The molecular formula is C9H15ClO. The Morgan fingerprint density at radius 3 is 2.73 bits per heavy atom. The lowest BCUT2D eigenvalue weighted by Gasteiger charge is -2.21. The standard InChI is InChI=1S/C9H15ClO/c10-3-4-11-9-6-7-1-2-8(9)5-7/h7-9H,1-6H2. The Morgan fingerprint density at radius 2 is 2.18 bits per heavy atom. The Hall–Kier alpha value is 0.250. The van der Waals surface area contributed by atoms with Gasteiger partial charge in [-0.3, -0.25) is 0 Å². The Kier molecular flexibility index (Phi) is 2.38. The third-order valence-electron chi connectivity index (χ3n) is 3.08. The highest BCUT2D eigenvalue weighted by Crippen LogP contribution is 2.45. The second kappa shape index (κ2) is 3.32. The molecule has 0 spiro atoms. The van der Waals surface area contributed by atoms with E-state index in [1.54, 1.807) is 0 Å². The van der Waals surface area contributed by atoms with Crippen LogP contribution in [0.3, 0.4) is 0 Å². The van der Waals surface area contributed by atoms with Crippen LogP contribution in [0.4, 0.5) is 0 Å². The molecule has 0 aromatic carbocycles. The summed E-state index contributed by atoms with van der Waals surface area (Å²) in [5.41, 5.74) is 0. The van der Waals surface area contributed by atoms with Crippen LogP contribution >= 0.6 is 11.6 Å². The summed E-state index contributed by atoms with van der Waals surface area (Å²) >= 11 is 5.56. The van der Waals surface area contributed by atoms with Gasteiger partial charge in [0.05, 0.1) is 12.7 Å². The third kappa shape index (κ3) is 1.54. The zero-order chi connectivity index (χ0) is 7.68. The number of ether oxygens (including phenoxy) is 1. The van der Waals surface area contributed by atoms with E-state index < -0.39 is 0 Å². The minimum atomic E-state index is 0.562. The Labute approximate surface area is 73.1 Å². The van der Waals surface area contributed by atoms with Crippen LogP contribution in [0.2, 0.25) is 0 Å². The van der Waals surface area contributed by atoms with Crippen molar-refractivity contribution in [3.05, 3.63) is 0 Å². The van der Waals surface area contributed by atoms with Crippen molar-refractivity contribution in [3.63, 3.8) is 0 Å². The van der Waals surface area contributed by atoms with Crippen molar-refractivity contribution in [2.75, 3.05) is 12.5 Å². The van der Waals surface area contributed by atoms with Crippen molar-refractivity contribution < 1.29 is 4.74 Å². The number of hydrogen-bond acceptors (Lipinski definition) is 1. The number of rotatable bonds is 3. The van der Waals surface area contributed by atoms with Gasteiger partial charge in [-0.15, -0.1) is 11.6 Å². The Balaban J connectivity index is 1.78. The van der Waals surface area contributed by atoms with Gasteiger partial charge < -0.3 is 4.74 Å². The molecule has 0 saturated heterocycles. The lowest BCUT2D eigenvalue weighted by molar-refractivity contribution is 0.0256. The maximum atomic E-state index is 5.65. The molecule has 0 heterocycles. The molecule has 0 radical (unpaired) electrons. The van der Waals surface area contributed by atoms with E-state index in [0.29, 0.717) is 12.0 Å². The van der Waals surface area contributed by atoms with Gasteiger partial charge in [0.25, 0.3) is 0 Å². The molecule has 0 aliphatic heterocycles. The molecule has 2 aliphatic carbocycles. The molecular weight excluding hydrogens is 160 g/mol. The molecule has 3 unspecified atom stereocenters. The van der Waals surface area contributed by atoms with Crippen molar-refractivity contribution in [1.29, 1.82) is 0 Å². The maximum Gasteiger partial charge on any atom is 0.0606 e. The van der Waals surface area contributed by atoms with E-state index in [4.69, 9.17) is 16.3 Å². The largest absolute Gasteiger partial charge is 0.377 e. The molecule has 2 fully saturated rings. The highest BCUT2D eigenvalue weighted by Gasteiger charge is 2.39. The quantitative estimate of drug-likeness (QED) is 0.598. The molecule has 0 aromatic heterocycles. The summed E-state index contributed by atoms with van der Waals surface area (Å²) in [4.78, 5) is 0. The SMILES string of the molecule is ClCCOC1CC2CCC1C2. The van der Waals surface area contributed by atoms with Crippen LogP contribution in [0.15, 0.2) is 0 Å². The van der Waals surface area contributed by atoms with Crippen LogP contribution in [-0.2, 0) is 4.74 Å². The van der Waals surface area contributed by atoms with Gasteiger partial charge in [0.2, 0.25) is 0 Å². The van der Waals surface area contributed by atoms with Crippen LogP contribution < -0.4 is 0 Å². The van der Waals surface area contributed by atoms with E-state index in [1.807, 2.05) is 0 Å². The van der Waals surface area contributed by atoms with E-state index in [1.165, 1.54) is 25.7 Å². The molecule has 2 saturated carbocycles. The van der Waals surface area contributed by atoms with Crippen LogP contribution in [-0.4, -0.2) is 18.6 Å². The summed E-state index contributed by atoms with van der Waals surface area (Å²) in [6, 6.07) is 0. The molecule has 1 nitrogen and oxygen atoms in total. The summed E-state index contributed by atoms with van der Waals surface area (Å²) in [5, 5.41) is 0. The first-order valence-corrected chi connectivity index (χ1v) is 5.11. The molecule has 64 valence electrons. The van der Waals surface area contributed by atoms with Gasteiger partial charge in [-0.05, 0) is 37.5 Å². The van der Waals surface area contributed by atoms with Gasteiger partial charge in [-0.1, -0.05) is 0 Å². The summed E-state index contributed by atoms with van der Waals surface area (Å²) in [6.45, 7) is 0.745. The molecule has 0 aromatic rings. The molecule has 2 heteroatoms. The van der Waals surface area contributed by atoms with Crippen molar-refractivity contribution in [2.24, 2.45) is 11.8 Å². The fourth-order valence-electron chi connectivity index (χ4n) is 2.59. The topological polar surface area (TPSA) is 9.23 Å². The smallest absolute Gasteiger partial charge is 0.0606 e. The van der Waals surface area contributed by atoms with Gasteiger partial charge in [0.1, 0.15) is 0 Å². The molecule has 0 amide bonds. The normalized spacial score (nSPS) is 41.7. The minimum absolute atomic E-state index is 0.562. The summed E-state index contributed by atoms with van der Waals surface area (Å²) in [7, 11) is 0. The fourth-order valence-corrected chi connectivity index (χ4v) is 2.68. The summed E-state index contributed by atoms with van der Waals surface area (Å²) in [6.07, 6.45) is 6.14. The summed E-state index contributed by atoms with van der Waals surface area (Å²) < 4.78 is 5.65. The first-order chi connectivity index (χ1) is 5.40. The van der Waals surface area contributed by atoms with Crippen LogP contribution in [0.5, 0.6) is 0 Å². The second-order valence-corrected chi connectivity index (χ2v) is 4.15. The molecule has 2 rings (SSSR count). The van der Waals surface area contributed by atoms with Crippen molar-refractivity contribution in [3.8, 4) is 0 Å². The fraction of sp³-hybridized carbons (Fsp3) is 1.00. The van der Waals surface area contributed by atoms with E-state index >= 15 is 0 Å². The van der Waals surface area contributed by atoms with E-state index in [2.05, 4.69) is 0 Å². The van der Waals surface area contributed by atoms with E-state index in [-0.39, 0.29) is 0 Å². The average molecular weight is 175 g/mol. The predicted molar refractivity (Wildman–Crippen MR) is 45.9 cm³/mol. The Bertz CT molecular complexity index is 138. The van der Waals surface area contributed by atoms with Crippen molar-refractivity contribution >= 4 is 11.6 Å². The lowest BCUT2D eigenvalue weighted by Crippen LogP contribution is -2.21. The van der Waals surface area contributed by atoms with Crippen molar-refractivity contribution in [2.45, 2.75) is 31.8 Å². The zero-order valence-electron chi connectivity index (χ0n) is 6.76. The number of hydrogen-bond donors (Lipinski definition) is 0. The summed E-state index contributed by atoms with van der Waals surface area (Å²) in [5.74, 6) is 2.51. The molecule has 2 aliphatic rings. The molecule has 2 bridgehead atoms. The van der Waals surface area contributed by atoms with Crippen LogP contribution in [0.25, 0.3) is 0 Å². The first-order valence-electron chi connectivity index (χ1n) is 4.57. The Morgan fingerprint density at radius 1 is 1.27 bits per heavy atom. The van der Waals surface area contributed by atoms with E-state index in [9.17, 15) is 0 Å². The molecule has 3 atom stereocenters. The average Bonchev–Trinajstić information content (AvgIpc) is 2.60. The minimum Gasteiger partial charge on any atom is -0.377 e. The van der Waals surface area contributed by atoms with E-state index in [0.717, 1.165) is 18.4 Å². The molecule has 0 N–H and O–H groups in total.